The lowest BCUT2D eigenvalue weighted by Crippen LogP contribution is -3.20. The molecule has 4 aliphatic rings. The number of nitrogens with zero attached hydrogens (tertiary/aromatic N) is 2. The minimum Gasteiger partial charge on any atom is -0.326 e. The summed E-state index contributed by atoms with van der Waals surface area (Å²) in [6.07, 6.45) is 2.32. The summed E-state index contributed by atoms with van der Waals surface area (Å²) in [6, 6.07) is 6.67. The molecule has 0 aliphatic carbocycles. The van der Waals surface area contributed by atoms with Crippen LogP contribution in [0.5, 0.6) is 0 Å². The molecule has 0 aromatic heterocycles. The molecule has 2 bridgehead atoms. The summed E-state index contributed by atoms with van der Waals surface area (Å²) >= 11 is 0. The van der Waals surface area contributed by atoms with Crippen LogP contribution in [0.2, 0.25) is 0 Å². The Balaban J connectivity index is 1.79. The summed E-state index contributed by atoms with van der Waals surface area (Å²) in [5.41, 5.74) is 2.01. The molecule has 110 valence electrons. The fourth-order valence-corrected chi connectivity index (χ4v) is 4.21. The van der Waals surface area contributed by atoms with Crippen LogP contribution in [0, 0.1) is 11.7 Å². The summed E-state index contributed by atoms with van der Waals surface area (Å²) < 4.78 is 13.6. The maximum atomic E-state index is 13.6. The van der Waals surface area contributed by atoms with Gasteiger partial charge in [0.25, 0.3) is 0 Å². The van der Waals surface area contributed by atoms with Crippen LogP contribution in [0.3, 0.4) is 0 Å². The van der Waals surface area contributed by atoms with Crippen molar-refractivity contribution in [2.45, 2.75) is 31.8 Å². The highest BCUT2D eigenvalue weighted by molar-refractivity contribution is 5.95. The van der Waals surface area contributed by atoms with Crippen LogP contribution in [0.1, 0.15) is 31.4 Å². The molecule has 0 unspecified atom stereocenters. The highest BCUT2D eigenvalue weighted by Crippen LogP contribution is 2.36. The Bertz CT molecular complexity index is 622. The highest BCUT2D eigenvalue weighted by Gasteiger charge is 2.53. The molecule has 1 amide bonds. The van der Waals surface area contributed by atoms with Crippen molar-refractivity contribution in [2.75, 3.05) is 13.1 Å². The fraction of sp³-hybridized carbons (Fsp3) is 0.500. The van der Waals surface area contributed by atoms with E-state index in [4.69, 9.17) is 0 Å². The van der Waals surface area contributed by atoms with Gasteiger partial charge in [-0.1, -0.05) is 12.1 Å². The third-order valence-corrected chi connectivity index (χ3v) is 5.12. The van der Waals surface area contributed by atoms with Crippen LogP contribution in [-0.2, 0) is 4.79 Å². The second-order valence-electron chi connectivity index (χ2n) is 6.30. The standard InChI is InChI=1S/C16H18FN3O/c1-10(21)20-15(12-3-2-4-13(17)9-12)16-14(18-20)11-5-7-19(16)8-6-11/h2-4,9,11,15-16H,5-8H2,1H3/p+1/t15-,16+/m0/s1. The molecule has 0 radical (unpaired) electrons. The maximum absolute atomic E-state index is 13.6. The van der Waals surface area contributed by atoms with Gasteiger partial charge < -0.3 is 4.90 Å². The van der Waals surface area contributed by atoms with E-state index in [0.29, 0.717) is 5.92 Å². The molecule has 1 N–H and O–H groups in total. The van der Waals surface area contributed by atoms with Gasteiger partial charge in [-0.15, -0.1) is 0 Å². The molecule has 3 saturated heterocycles. The van der Waals surface area contributed by atoms with Crippen LogP contribution in [-0.4, -0.2) is 35.8 Å². The number of hydrogen-bond acceptors (Lipinski definition) is 2. The number of rotatable bonds is 1. The van der Waals surface area contributed by atoms with Gasteiger partial charge in [0.15, 0.2) is 6.04 Å². The molecule has 1 aromatic rings. The number of hydrogen-bond donors (Lipinski definition) is 1. The third kappa shape index (κ3) is 1.91. The average molecular weight is 288 g/mol. The quantitative estimate of drug-likeness (QED) is 0.814. The van der Waals surface area contributed by atoms with Gasteiger partial charge in [-0.05, 0) is 17.7 Å². The van der Waals surface area contributed by atoms with Gasteiger partial charge >= 0.3 is 0 Å². The Hall–Kier alpha value is -1.75. The number of amides is 1. The van der Waals surface area contributed by atoms with Crippen LogP contribution in [0.15, 0.2) is 29.4 Å². The second-order valence-corrected chi connectivity index (χ2v) is 6.30. The van der Waals surface area contributed by atoms with Crippen molar-refractivity contribution < 1.29 is 14.1 Å². The van der Waals surface area contributed by atoms with E-state index in [1.807, 2.05) is 6.07 Å². The zero-order valence-corrected chi connectivity index (χ0v) is 12.1. The zero-order valence-electron chi connectivity index (χ0n) is 12.1. The average Bonchev–Trinajstić information content (AvgIpc) is 2.91. The van der Waals surface area contributed by atoms with Crippen LogP contribution in [0.4, 0.5) is 4.39 Å². The number of benzene rings is 1. The molecular weight excluding hydrogens is 269 g/mol. The van der Waals surface area contributed by atoms with Gasteiger partial charge in [0.05, 0.1) is 13.1 Å². The predicted molar refractivity (Wildman–Crippen MR) is 76.3 cm³/mol. The van der Waals surface area contributed by atoms with E-state index < -0.39 is 0 Å². The van der Waals surface area contributed by atoms with Crippen molar-refractivity contribution in [3.8, 4) is 0 Å². The smallest absolute Gasteiger partial charge is 0.240 e. The minimum absolute atomic E-state index is 0.0637. The summed E-state index contributed by atoms with van der Waals surface area (Å²) in [5.74, 6) is 0.189. The summed E-state index contributed by atoms with van der Waals surface area (Å²) in [6.45, 7) is 3.80. The van der Waals surface area contributed by atoms with E-state index in [1.54, 1.807) is 24.1 Å². The van der Waals surface area contributed by atoms with Crippen molar-refractivity contribution in [1.82, 2.24) is 5.01 Å². The maximum Gasteiger partial charge on any atom is 0.240 e. The minimum atomic E-state index is -0.254. The number of carbonyl (C=O) groups is 1. The van der Waals surface area contributed by atoms with E-state index in [9.17, 15) is 9.18 Å². The number of carbonyl (C=O) groups excluding carboxylic acids is 1. The first-order valence-electron chi connectivity index (χ1n) is 7.63. The molecule has 2 atom stereocenters. The van der Waals surface area contributed by atoms with Gasteiger partial charge in [0.1, 0.15) is 17.6 Å². The Morgan fingerprint density at radius 2 is 2.14 bits per heavy atom. The van der Waals surface area contributed by atoms with E-state index in [0.717, 1.165) is 37.2 Å². The Labute approximate surface area is 123 Å². The van der Waals surface area contributed by atoms with Gasteiger partial charge in [-0.2, -0.15) is 5.10 Å². The number of fused-ring (bicyclic) bond motifs is 2. The molecule has 5 rings (SSSR count). The number of quaternary nitrogens is 1. The first kappa shape index (κ1) is 13.0. The molecule has 0 spiro atoms. The van der Waals surface area contributed by atoms with Crippen molar-refractivity contribution in [2.24, 2.45) is 11.0 Å². The molecular formula is C16H19FN3O+. The van der Waals surface area contributed by atoms with E-state index in [-0.39, 0.29) is 23.8 Å². The normalized spacial score (nSPS) is 33.8. The van der Waals surface area contributed by atoms with Crippen molar-refractivity contribution >= 4 is 11.6 Å². The second kappa shape index (κ2) is 4.63. The zero-order chi connectivity index (χ0) is 14.6. The summed E-state index contributed by atoms with van der Waals surface area (Å²) in [5, 5.41) is 6.22. The van der Waals surface area contributed by atoms with E-state index in [1.165, 1.54) is 11.0 Å². The molecule has 21 heavy (non-hydrogen) atoms. The first-order valence-corrected chi connectivity index (χ1v) is 7.63. The highest BCUT2D eigenvalue weighted by atomic mass is 19.1. The molecule has 3 fully saturated rings. The van der Waals surface area contributed by atoms with E-state index in [2.05, 4.69) is 5.10 Å². The van der Waals surface area contributed by atoms with E-state index >= 15 is 0 Å². The van der Waals surface area contributed by atoms with Gasteiger partial charge in [0, 0.05) is 25.7 Å². The van der Waals surface area contributed by atoms with Crippen molar-refractivity contribution in [3.63, 3.8) is 0 Å². The van der Waals surface area contributed by atoms with Crippen LogP contribution in [0.25, 0.3) is 0 Å². The summed E-state index contributed by atoms with van der Waals surface area (Å²) in [4.78, 5) is 13.5. The van der Waals surface area contributed by atoms with Gasteiger partial charge in [-0.25, -0.2) is 9.40 Å². The number of piperidine rings is 3. The third-order valence-electron chi connectivity index (χ3n) is 5.12. The monoisotopic (exact) mass is 288 g/mol. The molecule has 1 aromatic carbocycles. The Morgan fingerprint density at radius 1 is 1.38 bits per heavy atom. The van der Waals surface area contributed by atoms with Crippen molar-refractivity contribution in [1.29, 1.82) is 0 Å². The first-order chi connectivity index (χ1) is 10.1. The van der Waals surface area contributed by atoms with Crippen LogP contribution >= 0.6 is 0 Å². The lowest BCUT2D eigenvalue weighted by atomic mass is 9.78. The predicted octanol–water partition coefficient (Wildman–Crippen LogP) is 0.762. The SMILES string of the molecule is CC(=O)N1N=C2C3CC[NH+](CC3)[C@H]2[C@@H]1c1cccc(F)c1. The lowest BCUT2D eigenvalue weighted by molar-refractivity contribution is -0.927. The number of hydrazone groups is 1. The fourth-order valence-electron chi connectivity index (χ4n) is 4.21. The summed E-state index contributed by atoms with van der Waals surface area (Å²) in [7, 11) is 0. The molecule has 5 heteroatoms. The number of nitrogens with one attached hydrogen (secondary N) is 1. The van der Waals surface area contributed by atoms with Crippen LogP contribution < -0.4 is 4.90 Å². The molecule has 0 saturated carbocycles. The van der Waals surface area contributed by atoms with Gasteiger partial charge in [-0.3, -0.25) is 4.79 Å². The molecule has 4 heterocycles. The Morgan fingerprint density at radius 3 is 2.81 bits per heavy atom. The van der Waals surface area contributed by atoms with Gasteiger partial charge in [0.2, 0.25) is 5.91 Å². The molecule has 4 aliphatic heterocycles. The molecule has 4 nitrogen and oxygen atoms in total. The Kier molecular flexibility index (Phi) is 2.85. The largest absolute Gasteiger partial charge is 0.326 e. The van der Waals surface area contributed by atoms with Crippen molar-refractivity contribution in [3.05, 3.63) is 35.6 Å². The lowest BCUT2D eigenvalue weighted by Gasteiger charge is -2.42. The number of halogens is 1. The topological polar surface area (TPSA) is 37.1 Å².